The van der Waals surface area contributed by atoms with Crippen molar-refractivity contribution in [2.24, 2.45) is 0 Å². The van der Waals surface area contributed by atoms with Crippen molar-refractivity contribution in [3.05, 3.63) is 16.8 Å². The van der Waals surface area contributed by atoms with Gasteiger partial charge in [0, 0.05) is 16.8 Å². The van der Waals surface area contributed by atoms with E-state index in [9.17, 15) is 4.79 Å². The maximum absolute atomic E-state index is 11.8. The van der Waals surface area contributed by atoms with Crippen LogP contribution in [0.2, 0.25) is 0 Å². The first kappa shape index (κ1) is 16.2. The van der Waals surface area contributed by atoms with Crippen molar-refractivity contribution in [1.29, 1.82) is 0 Å². The Morgan fingerprint density at radius 3 is 2.90 bits per heavy atom. The highest BCUT2D eigenvalue weighted by atomic mass is 32.2. The number of nitrogens with zero attached hydrogens (tertiary/aromatic N) is 2. The van der Waals surface area contributed by atoms with E-state index in [0.29, 0.717) is 5.75 Å². The molecule has 0 spiro atoms. The number of hydrogen-bond acceptors (Lipinski definition) is 5. The summed E-state index contributed by atoms with van der Waals surface area (Å²) in [5.74, 6) is 1.25. The van der Waals surface area contributed by atoms with E-state index in [-0.39, 0.29) is 5.91 Å². The van der Waals surface area contributed by atoms with E-state index in [2.05, 4.69) is 35.2 Å². The molecule has 0 aromatic carbocycles. The Balaban J connectivity index is 2.07. The summed E-state index contributed by atoms with van der Waals surface area (Å²) in [7, 11) is 0. The van der Waals surface area contributed by atoms with Crippen LogP contribution in [0.25, 0.3) is 10.2 Å². The average Bonchev–Trinajstić information content (AvgIpc) is 2.88. The summed E-state index contributed by atoms with van der Waals surface area (Å²) in [6.07, 6.45) is 3.12. The summed E-state index contributed by atoms with van der Waals surface area (Å²) in [6, 6.07) is 2.15. The van der Waals surface area contributed by atoms with Crippen LogP contribution in [-0.2, 0) is 11.2 Å². The summed E-state index contributed by atoms with van der Waals surface area (Å²) in [5.41, 5.74) is 0. The monoisotopic (exact) mass is 323 g/mol. The average molecular weight is 323 g/mol. The zero-order valence-electron chi connectivity index (χ0n) is 12.7. The third kappa shape index (κ3) is 4.41. The number of fused-ring (bicyclic) bond motifs is 1. The number of amides is 1. The highest BCUT2D eigenvalue weighted by Crippen LogP contribution is 2.31. The zero-order valence-corrected chi connectivity index (χ0v) is 14.4. The van der Waals surface area contributed by atoms with Crippen LogP contribution in [0.15, 0.2) is 11.1 Å². The number of aromatic nitrogens is 2. The van der Waals surface area contributed by atoms with E-state index in [1.807, 2.05) is 6.92 Å². The number of aryl methyl sites for hydroxylation is 2. The molecule has 114 valence electrons. The van der Waals surface area contributed by atoms with Gasteiger partial charge < -0.3 is 5.32 Å². The lowest BCUT2D eigenvalue weighted by Gasteiger charge is -2.05. The lowest BCUT2D eigenvalue weighted by molar-refractivity contribution is -0.118. The molecule has 2 aromatic rings. The molecule has 6 heteroatoms. The molecule has 0 saturated carbocycles. The van der Waals surface area contributed by atoms with E-state index < -0.39 is 0 Å². The first-order valence-electron chi connectivity index (χ1n) is 7.30. The molecule has 0 radical (unpaired) electrons. The first-order chi connectivity index (χ1) is 10.1. The largest absolute Gasteiger partial charge is 0.355 e. The van der Waals surface area contributed by atoms with Crippen LogP contribution < -0.4 is 5.32 Å². The fourth-order valence-electron chi connectivity index (χ4n) is 1.92. The van der Waals surface area contributed by atoms with Crippen molar-refractivity contribution >= 4 is 39.2 Å². The van der Waals surface area contributed by atoms with Crippen molar-refractivity contribution in [2.45, 2.75) is 45.1 Å². The van der Waals surface area contributed by atoms with Gasteiger partial charge in [0.05, 0.1) is 5.75 Å². The van der Waals surface area contributed by atoms with E-state index in [1.165, 1.54) is 16.6 Å². The minimum Gasteiger partial charge on any atom is -0.355 e. The molecule has 2 heterocycles. The van der Waals surface area contributed by atoms with Gasteiger partial charge in [0.25, 0.3) is 0 Å². The van der Waals surface area contributed by atoms with Crippen LogP contribution in [0, 0.1) is 6.92 Å². The highest BCUT2D eigenvalue weighted by Gasteiger charge is 2.12. The predicted octanol–water partition coefficient (Wildman–Crippen LogP) is 3.57. The second-order valence-corrected chi connectivity index (χ2v) is 6.93. The Kier molecular flexibility index (Phi) is 5.99. The predicted molar refractivity (Wildman–Crippen MR) is 90.2 cm³/mol. The van der Waals surface area contributed by atoms with Crippen molar-refractivity contribution in [1.82, 2.24) is 15.3 Å². The lowest BCUT2D eigenvalue weighted by Crippen LogP contribution is -2.26. The second kappa shape index (κ2) is 7.75. The molecular weight excluding hydrogens is 302 g/mol. The molecule has 0 unspecified atom stereocenters. The Morgan fingerprint density at radius 2 is 2.19 bits per heavy atom. The van der Waals surface area contributed by atoms with Crippen LogP contribution in [-0.4, -0.2) is 28.2 Å². The number of hydrogen-bond donors (Lipinski definition) is 1. The smallest absolute Gasteiger partial charge is 0.230 e. The normalized spacial score (nSPS) is 11.0. The number of thiophene rings is 1. The zero-order chi connectivity index (χ0) is 15.2. The number of thioether (sulfide) groups is 1. The Hall–Kier alpha value is -1.14. The fraction of sp³-hybridized carbons (Fsp3) is 0.533. The number of carbonyl (C=O) groups excluding carboxylic acids is 1. The van der Waals surface area contributed by atoms with Crippen molar-refractivity contribution in [3.8, 4) is 0 Å². The summed E-state index contributed by atoms with van der Waals surface area (Å²) in [4.78, 5) is 23.1. The molecular formula is C15H21N3OS2. The molecule has 1 N–H and O–H groups in total. The third-order valence-corrected chi connectivity index (χ3v) is 5.23. The first-order valence-corrected chi connectivity index (χ1v) is 9.10. The Labute approximate surface area is 133 Å². The fourth-order valence-corrected chi connectivity index (χ4v) is 3.88. The SMILES string of the molecule is CCCCNC(=O)CSc1nc(C)nc2sc(CC)cc12. The van der Waals surface area contributed by atoms with Crippen molar-refractivity contribution < 1.29 is 4.79 Å². The maximum atomic E-state index is 11.8. The second-order valence-electron chi connectivity index (χ2n) is 4.85. The molecule has 1 amide bonds. The van der Waals surface area contributed by atoms with Crippen LogP contribution in [0.3, 0.4) is 0 Å². The van der Waals surface area contributed by atoms with E-state index in [4.69, 9.17) is 0 Å². The molecule has 0 bridgehead atoms. The molecule has 0 aliphatic carbocycles. The number of carbonyl (C=O) groups is 1. The van der Waals surface area contributed by atoms with Crippen LogP contribution in [0.1, 0.15) is 37.4 Å². The topological polar surface area (TPSA) is 54.9 Å². The van der Waals surface area contributed by atoms with Gasteiger partial charge >= 0.3 is 0 Å². The summed E-state index contributed by atoms with van der Waals surface area (Å²) < 4.78 is 0. The number of unbranched alkanes of at least 4 members (excludes halogenated alkanes) is 1. The van der Waals surface area contributed by atoms with Crippen molar-refractivity contribution in [3.63, 3.8) is 0 Å². The van der Waals surface area contributed by atoms with E-state index >= 15 is 0 Å². The van der Waals surface area contributed by atoms with Gasteiger partial charge in [0.2, 0.25) is 5.91 Å². The molecule has 0 saturated heterocycles. The van der Waals surface area contributed by atoms with Gasteiger partial charge in [-0.3, -0.25) is 4.79 Å². The van der Waals surface area contributed by atoms with Crippen molar-refractivity contribution in [2.75, 3.05) is 12.3 Å². The van der Waals surface area contributed by atoms with Crippen LogP contribution in [0.5, 0.6) is 0 Å². The van der Waals surface area contributed by atoms with Gasteiger partial charge in [0.1, 0.15) is 15.7 Å². The Bertz CT molecular complexity index is 625. The van der Waals surface area contributed by atoms with Crippen LogP contribution >= 0.6 is 23.1 Å². The molecule has 4 nitrogen and oxygen atoms in total. The highest BCUT2D eigenvalue weighted by molar-refractivity contribution is 8.00. The molecule has 2 rings (SSSR count). The lowest BCUT2D eigenvalue weighted by atomic mass is 10.3. The molecule has 0 atom stereocenters. The van der Waals surface area contributed by atoms with Gasteiger partial charge in [-0.15, -0.1) is 11.3 Å². The molecule has 0 fully saturated rings. The van der Waals surface area contributed by atoms with E-state index in [0.717, 1.165) is 46.9 Å². The van der Waals surface area contributed by atoms with Gasteiger partial charge in [-0.1, -0.05) is 32.0 Å². The molecule has 21 heavy (non-hydrogen) atoms. The third-order valence-electron chi connectivity index (χ3n) is 3.06. The minimum atomic E-state index is 0.0730. The van der Waals surface area contributed by atoms with E-state index in [1.54, 1.807) is 11.3 Å². The van der Waals surface area contributed by atoms with Gasteiger partial charge in [-0.2, -0.15) is 0 Å². The summed E-state index contributed by atoms with van der Waals surface area (Å²) in [6.45, 7) is 6.91. The van der Waals surface area contributed by atoms with Gasteiger partial charge in [-0.05, 0) is 25.8 Å². The summed E-state index contributed by atoms with van der Waals surface area (Å²) in [5, 5.41) is 4.93. The Morgan fingerprint density at radius 1 is 1.38 bits per heavy atom. The molecule has 2 aromatic heterocycles. The van der Waals surface area contributed by atoms with Gasteiger partial charge in [-0.25, -0.2) is 9.97 Å². The minimum absolute atomic E-state index is 0.0730. The quantitative estimate of drug-likeness (QED) is 0.481. The molecule has 0 aliphatic rings. The standard InChI is InChI=1S/C15H21N3OS2/c1-4-6-7-16-13(19)9-20-14-12-8-11(5-2)21-15(12)18-10(3)17-14/h8H,4-7,9H2,1-3H3,(H,16,19). The molecule has 0 aliphatic heterocycles. The van der Waals surface area contributed by atoms with Crippen LogP contribution in [0.4, 0.5) is 0 Å². The number of nitrogens with one attached hydrogen (secondary N) is 1. The maximum Gasteiger partial charge on any atom is 0.230 e. The number of rotatable bonds is 7. The summed E-state index contributed by atoms with van der Waals surface area (Å²) >= 11 is 3.21. The van der Waals surface area contributed by atoms with Gasteiger partial charge in [0.15, 0.2) is 0 Å².